The highest BCUT2D eigenvalue weighted by Gasteiger charge is 2.32. The molecule has 8 heteroatoms. The number of imidazole rings is 1. The highest BCUT2D eigenvalue weighted by atomic mass is 19.4. The Morgan fingerprint density at radius 1 is 1.25 bits per heavy atom. The molecule has 1 aromatic heterocycles. The maximum atomic E-state index is 12.8. The molecule has 5 nitrogen and oxygen atoms in total. The van der Waals surface area contributed by atoms with Gasteiger partial charge in [-0.25, -0.2) is 4.98 Å². The van der Waals surface area contributed by atoms with E-state index in [0.29, 0.717) is 28.7 Å². The number of nitrogens with zero attached hydrogens (tertiary/aromatic N) is 3. The number of alkyl halides is 3. The van der Waals surface area contributed by atoms with E-state index in [2.05, 4.69) is 16.5 Å². The van der Waals surface area contributed by atoms with Crippen molar-refractivity contribution in [3.8, 4) is 0 Å². The van der Waals surface area contributed by atoms with Crippen molar-refractivity contribution in [1.29, 1.82) is 0 Å². The molecule has 0 fully saturated rings. The van der Waals surface area contributed by atoms with Gasteiger partial charge < -0.3 is 9.88 Å². The van der Waals surface area contributed by atoms with E-state index in [0.717, 1.165) is 12.1 Å². The van der Waals surface area contributed by atoms with Crippen LogP contribution in [0.2, 0.25) is 0 Å². The fraction of sp³-hybridized carbons (Fsp3) is 0.250. The van der Waals surface area contributed by atoms with Crippen molar-refractivity contribution in [3.63, 3.8) is 0 Å². The van der Waals surface area contributed by atoms with Crippen LogP contribution in [0.1, 0.15) is 27.4 Å². The number of H-pyrrole nitrogens is 1. The summed E-state index contributed by atoms with van der Waals surface area (Å²) >= 11 is 0. The molecule has 126 valence electrons. The third-order valence-corrected chi connectivity index (χ3v) is 3.97. The van der Waals surface area contributed by atoms with E-state index in [4.69, 9.17) is 0 Å². The average molecular weight is 336 g/mol. The van der Waals surface area contributed by atoms with E-state index >= 15 is 0 Å². The van der Waals surface area contributed by atoms with E-state index < -0.39 is 11.7 Å². The first kappa shape index (κ1) is 16.1. The summed E-state index contributed by atoms with van der Waals surface area (Å²) < 4.78 is 38.4. The summed E-state index contributed by atoms with van der Waals surface area (Å²) in [7, 11) is 3.32. The van der Waals surface area contributed by atoms with Crippen molar-refractivity contribution >= 4 is 11.7 Å². The number of hydrogen-bond donors (Lipinski definition) is 1. The number of anilines is 1. The molecule has 1 N–H and O–H groups in total. The van der Waals surface area contributed by atoms with Crippen molar-refractivity contribution in [3.05, 3.63) is 59.3 Å². The highest BCUT2D eigenvalue weighted by Crippen LogP contribution is 2.31. The number of aromatic nitrogens is 2. The third kappa shape index (κ3) is 2.64. The number of fused-ring (bicyclic) bond motifs is 1. The Hall–Kier alpha value is -2.77. The molecule has 0 atom stereocenters. The maximum absolute atomic E-state index is 12.8. The molecule has 2 aromatic rings. The lowest BCUT2D eigenvalue weighted by molar-refractivity contribution is -0.137. The van der Waals surface area contributed by atoms with Crippen molar-refractivity contribution in [1.82, 2.24) is 14.9 Å². The van der Waals surface area contributed by atoms with E-state index in [9.17, 15) is 18.0 Å². The summed E-state index contributed by atoms with van der Waals surface area (Å²) in [6, 6.07) is 5.05. The van der Waals surface area contributed by atoms with Crippen LogP contribution in [0.3, 0.4) is 0 Å². The number of hydrogen-bond acceptors (Lipinski definition) is 3. The fourth-order valence-corrected chi connectivity index (χ4v) is 2.57. The van der Waals surface area contributed by atoms with E-state index in [1.807, 2.05) is 0 Å². The molecule has 0 radical (unpaired) electrons. The minimum Gasteiger partial charge on any atom is -0.336 e. The lowest BCUT2D eigenvalue weighted by Crippen LogP contribution is -2.40. The first-order valence-electron chi connectivity index (χ1n) is 7.14. The quantitative estimate of drug-likeness (QED) is 0.917. The lowest BCUT2D eigenvalue weighted by Gasteiger charge is -2.32. The van der Waals surface area contributed by atoms with E-state index in [1.54, 1.807) is 25.1 Å². The molecule has 0 saturated carbocycles. The van der Waals surface area contributed by atoms with Crippen molar-refractivity contribution in [2.24, 2.45) is 0 Å². The zero-order chi connectivity index (χ0) is 17.6. The second-order valence-corrected chi connectivity index (χ2v) is 5.60. The SMILES string of the molecule is C=C1N(C)C(=O)c2[nH]c(Cc3cccc(C(F)(F)F)c3)nc2N1C. The van der Waals surface area contributed by atoms with Crippen LogP contribution in [0.4, 0.5) is 19.0 Å². The Balaban J connectivity index is 1.93. The van der Waals surface area contributed by atoms with Crippen LogP contribution in [-0.4, -0.2) is 34.9 Å². The Labute approximate surface area is 136 Å². The molecule has 1 aliphatic heterocycles. The number of rotatable bonds is 2. The maximum Gasteiger partial charge on any atom is 0.416 e. The van der Waals surface area contributed by atoms with E-state index in [-0.39, 0.29) is 12.3 Å². The Kier molecular flexibility index (Phi) is 3.62. The summed E-state index contributed by atoms with van der Waals surface area (Å²) in [5, 5.41) is 0. The lowest BCUT2D eigenvalue weighted by atomic mass is 10.1. The van der Waals surface area contributed by atoms with Gasteiger partial charge in [0.25, 0.3) is 5.91 Å². The molecule has 2 heterocycles. The largest absolute Gasteiger partial charge is 0.416 e. The smallest absolute Gasteiger partial charge is 0.336 e. The predicted molar refractivity (Wildman–Crippen MR) is 82.5 cm³/mol. The fourth-order valence-electron chi connectivity index (χ4n) is 2.57. The number of benzene rings is 1. The van der Waals surface area contributed by atoms with Crippen LogP contribution >= 0.6 is 0 Å². The average Bonchev–Trinajstić information content (AvgIpc) is 2.94. The molecule has 1 amide bonds. The molecule has 24 heavy (non-hydrogen) atoms. The summed E-state index contributed by atoms with van der Waals surface area (Å²) in [5.41, 5.74) is 0.0465. The van der Waals surface area contributed by atoms with Gasteiger partial charge in [-0.15, -0.1) is 0 Å². The highest BCUT2D eigenvalue weighted by molar-refractivity contribution is 6.00. The molecule has 0 aliphatic carbocycles. The normalized spacial score (nSPS) is 15.0. The van der Waals surface area contributed by atoms with Gasteiger partial charge >= 0.3 is 6.18 Å². The Morgan fingerprint density at radius 2 is 1.96 bits per heavy atom. The number of carbonyl (C=O) groups excluding carboxylic acids is 1. The molecular weight excluding hydrogens is 321 g/mol. The topological polar surface area (TPSA) is 52.2 Å². The minimum absolute atomic E-state index is 0.161. The molecule has 1 aromatic carbocycles. The Morgan fingerprint density at radius 3 is 2.62 bits per heavy atom. The third-order valence-electron chi connectivity index (χ3n) is 3.97. The van der Waals surface area contributed by atoms with Gasteiger partial charge in [0, 0.05) is 20.5 Å². The second kappa shape index (κ2) is 5.40. The van der Waals surface area contributed by atoms with Crippen LogP contribution in [0.5, 0.6) is 0 Å². The molecular formula is C16H15F3N4O. The molecule has 1 aliphatic rings. The van der Waals surface area contributed by atoms with Gasteiger partial charge in [-0.05, 0) is 11.6 Å². The second-order valence-electron chi connectivity index (χ2n) is 5.60. The zero-order valence-corrected chi connectivity index (χ0v) is 13.1. The summed E-state index contributed by atoms with van der Waals surface area (Å²) in [6.45, 7) is 3.81. The molecule has 3 rings (SSSR count). The van der Waals surface area contributed by atoms with Crippen molar-refractivity contribution in [2.75, 3.05) is 19.0 Å². The van der Waals surface area contributed by atoms with Gasteiger partial charge in [0.2, 0.25) is 0 Å². The van der Waals surface area contributed by atoms with Gasteiger partial charge in [0.15, 0.2) is 5.82 Å². The Bertz CT molecular complexity index is 825. The predicted octanol–water partition coefficient (Wildman–Crippen LogP) is 3.01. The molecule has 0 saturated heterocycles. The number of carbonyl (C=O) groups is 1. The minimum atomic E-state index is -4.39. The van der Waals surface area contributed by atoms with Gasteiger partial charge in [-0.3, -0.25) is 9.69 Å². The summed E-state index contributed by atoms with van der Waals surface area (Å²) in [4.78, 5) is 22.5. The number of amides is 1. The van der Waals surface area contributed by atoms with Gasteiger partial charge in [0.1, 0.15) is 17.3 Å². The van der Waals surface area contributed by atoms with Crippen LogP contribution in [0.15, 0.2) is 36.7 Å². The van der Waals surface area contributed by atoms with Crippen molar-refractivity contribution in [2.45, 2.75) is 12.6 Å². The van der Waals surface area contributed by atoms with Crippen molar-refractivity contribution < 1.29 is 18.0 Å². The summed E-state index contributed by atoms with van der Waals surface area (Å²) in [5.74, 6) is 1.04. The number of nitrogens with one attached hydrogen (secondary N) is 1. The molecule has 0 unspecified atom stereocenters. The monoisotopic (exact) mass is 336 g/mol. The van der Waals surface area contributed by atoms with Gasteiger partial charge in [-0.2, -0.15) is 13.2 Å². The number of halogens is 3. The molecule has 0 spiro atoms. The standard InChI is InChI=1S/C16H15F3N4O/c1-9-22(2)14-13(15(24)23(9)3)20-12(21-14)8-10-5-4-6-11(7-10)16(17,18)19/h4-7H,1,8H2,2-3H3,(H,20,21). The first-order valence-corrected chi connectivity index (χ1v) is 7.14. The van der Waals surface area contributed by atoms with E-state index in [1.165, 1.54) is 11.0 Å². The zero-order valence-electron chi connectivity index (χ0n) is 13.1. The van der Waals surface area contributed by atoms with Crippen LogP contribution in [0, 0.1) is 0 Å². The van der Waals surface area contributed by atoms with Crippen LogP contribution in [-0.2, 0) is 12.6 Å². The van der Waals surface area contributed by atoms with Crippen LogP contribution in [0.25, 0.3) is 0 Å². The number of aromatic amines is 1. The first-order chi connectivity index (χ1) is 11.2. The van der Waals surface area contributed by atoms with Gasteiger partial charge in [0.05, 0.1) is 5.56 Å². The van der Waals surface area contributed by atoms with Gasteiger partial charge in [-0.1, -0.05) is 24.8 Å². The summed E-state index contributed by atoms with van der Waals surface area (Å²) in [6.07, 6.45) is -4.23. The molecule has 0 bridgehead atoms. The van der Waals surface area contributed by atoms with Crippen LogP contribution < -0.4 is 4.90 Å².